The molecule has 5 nitrogen and oxygen atoms in total. The molecule has 5 heteroatoms. The van der Waals surface area contributed by atoms with Crippen molar-refractivity contribution in [2.45, 2.75) is 44.2 Å². The predicted molar refractivity (Wildman–Crippen MR) is 109 cm³/mol. The summed E-state index contributed by atoms with van der Waals surface area (Å²) >= 11 is 0. The lowest BCUT2D eigenvalue weighted by molar-refractivity contribution is -0.148. The van der Waals surface area contributed by atoms with Gasteiger partial charge in [0.1, 0.15) is 6.10 Å². The molecule has 1 aromatic heterocycles. The van der Waals surface area contributed by atoms with Gasteiger partial charge in [0.2, 0.25) is 0 Å². The summed E-state index contributed by atoms with van der Waals surface area (Å²) in [5.41, 5.74) is 4.89. The maximum atomic E-state index is 12.1. The molecule has 29 heavy (non-hydrogen) atoms. The number of ether oxygens (including phenoxy) is 1. The van der Waals surface area contributed by atoms with Crippen molar-refractivity contribution in [3.05, 3.63) is 71.4 Å². The molecule has 1 fully saturated rings. The SMILES string of the molecule is O=C1C[C@H]2C[C@@H]3c4c(c5ccccc5n4C(O)[C@H]2O1)CCN3Cc1ccccc1. The third-order valence-electron chi connectivity index (χ3n) is 6.94. The molecular formula is C24H24N2O3. The zero-order chi connectivity index (χ0) is 19.5. The van der Waals surface area contributed by atoms with Crippen LogP contribution >= 0.6 is 0 Å². The molecule has 3 aliphatic heterocycles. The van der Waals surface area contributed by atoms with Gasteiger partial charge in [0.15, 0.2) is 6.23 Å². The average Bonchev–Trinajstić information content (AvgIpc) is 3.24. The van der Waals surface area contributed by atoms with E-state index < -0.39 is 12.3 Å². The molecule has 2 aromatic carbocycles. The Bertz CT molecular complexity index is 1090. The van der Waals surface area contributed by atoms with Crippen molar-refractivity contribution in [1.82, 2.24) is 9.47 Å². The zero-order valence-electron chi connectivity index (χ0n) is 16.2. The van der Waals surface area contributed by atoms with Crippen LogP contribution in [0.2, 0.25) is 0 Å². The van der Waals surface area contributed by atoms with Crippen molar-refractivity contribution in [2.24, 2.45) is 5.92 Å². The number of hydrogen-bond acceptors (Lipinski definition) is 4. The number of aromatic nitrogens is 1. The average molecular weight is 388 g/mol. The molecule has 0 saturated carbocycles. The Morgan fingerprint density at radius 3 is 2.72 bits per heavy atom. The van der Waals surface area contributed by atoms with E-state index in [1.54, 1.807) is 0 Å². The number of hydrogen-bond donors (Lipinski definition) is 1. The number of nitrogens with zero attached hydrogens (tertiary/aromatic N) is 2. The van der Waals surface area contributed by atoms with Crippen molar-refractivity contribution in [1.29, 1.82) is 0 Å². The summed E-state index contributed by atoms with van der Waals surface area (Å²) in [5.74, 6) is -0.144. The molecule has 4 heterocycles. The van der Waals surface area contributed by atoms with Gasteiger partial charge in [-0.2, -0.15) is 0 Å². The molecule has 3 aromatic rings. The minimum atomic E-state index is -0.832. The summed E-state index contributed by atoms with van der Waals surface area (Å²) in [5, 5.41) is 12.5. The van der Waals surface area contributed by atoms with Crippen molar-refractivity contribution in [2.75, 3.05) is 6.54 Å². The second kappa shape index (κ2) is 6.44. The molecule has 0 radical (unpaired) electrons. The number of esters is 1. The first-order valence-electron chi connectivity index (χ1n) is 10.5. The highest BCUT2D eigenvalue weighted by molar-refractivity contribution is 5.86. The third kappa shape index (κ3) is 2.57. The number of carbonyl (C=O) groups is 1. The highest BCUT2D eigenvalue weighted by Crippen LogP contribution is 2.48. The molecule has 0 bridgehead atoms. The number of aliphatic hydroxyl groups is 1. The number of para-hydroxylation sites is 1. The standard InChI is InChI=1S/C24H24N2O3/c27-21-13-16-12-20-22-18(10-11-25(20)14-15-6-2-1-3-7-15)17-8-4-5-9-19(17)26(22)24(28)23(16)29-21/h1-9,16,20,23-24,28H,10-14H2/t16-,20-,23+,24?/m1/s1. The van der Waals surface area contributed by atoms with E-state index in [4.69, 9.17) is 4.74 Å². The molecule has 1 N–H and O–H groups in total. The fourth-order valence-corrected chi connectivity index (χ4v) is 5.70. The van der Waals surface area contributed by atoms with Crippen LogP contribution in [-0.4, -0.2) is 33.2 Å². The van der Waals surface area contributed by atoms with Crippen LogP contribution in [0.5, 0.6) is 0 Å². The first-order valence-corrected chi connectivity index (χ1v) is 10.5. The van der Waals surface area contributed by atoms with Crippen molar-refractivity contribution in [3.63, 3.8) is 0 Å². The first-order chi connectivity index (χ1) is 14.2. The fourth-order valence-electron chi connectivity index (χ4n) is 5.70. The molecule has 1 saturated heterocycles. The lowest BCUT2D eigenvalue weighted by Crippen LogP contribution is -2.36. The van der Waals surface area contributed by atoms with Crippen LogP contribution in [0.25, 0.3) is 10.9 Å². The lowest BCUT2D eigenvalue weighted by atomic mass is 9.88. The minimum Gasteiger partial charge on any atom is -0.457 e. The summed E-state index contributed by atoms with van der Waals surface area (Å²) in [6.45, 7) is 1.84. The van der Waals surface area contributed by atoms with E-state index in [0.717, 1.165) is 31.4 Å². The smallest absolute Gasteiger partial charge is 0.306 e. The molecule has 0 aliphatic carbocycles. The Labute approximate surface area is 169 Å². The normalized spacial score (nSPS) is 28.7. The summed E-state index contributed by atoms with van der Waals surface area (Å²) < 4.78 is 7.68. The Hall–Kier alpha value is -2.63. The molecule has 0 amide bonds. The molecule has 3 aliphatic rings. The van der Waals surface area contributed by atoms with Crippen LogP contribution in [-0.2, 0) is 22.5 Å². The number of benzene rings is 2. The Kier molecular flexibility index (Phi) is 3.83. The highest BCUT2D eigenvalue weighted by Gasteiger charge is 2.48. The van der Waals surface area contributed by atoms with E-state index in [1.807, 2.05) is 12.1 Å². The highest BCUT2D eigenvalue weighted by atomic mass is 16.6. The molecule has 4 atom stereocenters. The van der Waals surface area contributed by atoms with Gasteiger partial charge in [-0.25, -0.2) is 0 Å². The molecule has 1 unspecified atom stereocenters. The van der Waals surface area contributed by atoms with Gasteiger partial charge in [0.05, 0.1) is 18.0 Å². The van der Waals surface area contributed by atoms with E-state index in [0.29, 0.717) is 6.42 Å². The van der Waals surface area contributed by atoms with E-state index in [1.165, 1.54) is 22.2 Å². The quantitative estimate of drug-likeness (QED) is 0.682. The fraction of sp³-hybridized carbons (Fsp3) is 0.375. The van der Waals surface area contributed by atoms with Gasteiger partial charge in [0, 0.05) is 30.1 Å². The summed E-state index contributed by atoms with van der Waals surface area (Å²) in [6, 6.07) is 19.0. The zero-order valence-corrected chi connectivity index (χ0v) is 16.2. The maximum Gasteiger partial charge on any atom is 0.306 e. The van der Waals surface area contributed by atoms with Crippen LogP contribution in [0, 0.1) is 5.92 Å². The second-order valence-electron chi connectivity index (χ2n) is 8.54. The summed E-state index contributed by atoms with van der Waals surface area (Å²) in [6.07, 6.45) is 0.904. The van der Waals surface area contributed by atoms with Gasteiger partial charge in [-0.3, -0.25) is 9.69 Å². The third-order valence-corrected chi connectivity index (χ3v) is 6.94. The molecule has 148 valence electrons. The summed E-state index contributed by atoms with van der Waals surface area (Å²) in [7, 11) is 0. The monoisotopic (exact) mass is 388 g/mol. The number of fused-ring (bicyclic) bond motifs is 4. The largest absolute Gasteiger partial charge is 0.457 e. The Morgan fingerprint density at radius 1 is 1.07 bits per heavy atom. The van der Waals surface area contributed by atoms with Gasteiger partial charge >= 0.3 is 5.97 Å². The van der Waals surface area contributed by atoms with Crippen LogP contribution in [0.3, 0.4) is 0 Å². The number of aliphatic hydroxyl groups excluding tert-OH is 1. The Balaban J connectivity index is 1.51. The predicted octanol–water partition coefficient (Wildman–Crippen LogP) is 3.57. The number of carbonyl (C=O) groups excluding carboxylic acids is 1. The summed E-state index contributed by atoms with van der Waals surface area (Å²) in [4.78, 5) is 14.6. The van der Waals surface area contributed by atoms with E-state index in [2.05, 4.69) is 51.9 Å². The van der Waals surface area contributed by atoms with Gasteiger partial charge in [-0.15, -0.1) is 0 Å². The first kappa shape index (κ1) is 17.2. The lowest BCUT2D eigenvalue weighted by Gasteiger charge is -2.37. The van der Waals surface area contributed by atoms with Crippen molar-refractivity contribution in [3.8, 4) is 0 Å². The van der Waals surface area contributed by atoms with Crippen LogP contribution < -0.4 is 0 Å². The van der Waals surface area contributed by atoms with Crippen LogP contribution in [0.15, 0.2) is 54.6 Å². The molecule has 6 rings (SSSR count). The van der Waals surface area contributed by atoms with E-state index >= 15 is 0 Å². The Morgan fingerprint density at radius 2 is 1.86 bits per heavy atom. The van der Waals surface area contributed by atoms with Crippen molar-refractivity contribution >= 4 is 16.9 Å². The van der Waals surface area contributed by atoms with Crippen molar-refractivity contribution < 1.29 is 14.6 Å². The van der Waals surface area contributed by atoms with Gasteiger partial charge in [0.25, 0.3) is 0 Å². The van der Waals surface area contributed by atoms with E-state index in [9.17, 15) is 9.90 Å². The van der Waals surface area contributed by atoms with Gasteiger partial charge < -0.3 is 14.4 Å². The molecule has 0 spiro atoms. The van der Waals surface area contributed by atoms with E-state index in [-0.39, 0.29) is 17.9 Å². The van der Waals surface area contributed by atoms with Gasteiger partial charge in [-0.05, 0) is 30.0 Å². The number of rotatable bonds is 2. The van der Waals surface area contributed by atoms with Crippen LogP contribution in [0.1, 0.15) is 41.9 Å². The second-order valence-corrected chi connectivity index (χ2v) is 8.54. The van der Waals surface area contributed by atoms with Crippen LogP contribution in [0.4, 0.5) is 0 Å². The topological polar surface area (TPSA) is 54.7 Å². The maximum absolute atomic E-state index is 12.1. The molecular weight excluding hydrogens is 364 g/mol. The van der Waals surface area contributed by atoms with Gasteiger partial charge in [-0.1, -0.05) is 48.5 Å². The minimum absolute atomic E-state index is 0.0467.